The normalized spacial score (nSPS) is 26.3. The minimum absolute atomic E-state index is 0.712. The quantitative estimate of drug-likeness (QED) is 0.812. The molecule has 1 nitrogen and oxygen atoms in total. The Bertz CT molecular complexity index is 429. The average molecular weight is 287 g/mol. The third-order valence-electron chi connectivity index (χ3n) is 5.54. The van der Waals surface area contributed by atoms with Crippen LogP contribution in [-0.2, 0) is 6.42 Å². The van der Waals surface area contributed by atoms with Gasteiger partial charge in [-0.1, -0.05) is 39.0 Å². The average Bonchev–Trinajstić information content (AvgIpc) is 2.44. The first-order chi connectivity index (χ1) is 10.0. The van der Waals surface area contributed by atoms with Crippen LogP contribution in [0, 0.1) is 31.6 Å². The SMILES string of the molecule is CCNC1CCC(C(C)C)CC1Cc1c(C)cccc1C. The summed E-state index contributed by atoms with van der Waals surface area (Å²) in [6, 6.07) is 7.44. The van der Waals surface area contributed by atoms with E-state index in [2.05, 4.69) is 58.1 Å². The van der Waals surface area contributed by atoms with Gasteiger partial charge in [0.1, 0.15) is 0 Å². The molecule has 0 bridgehead atoms. The van der Waals surface area contributed by atoms with Crippen molar-refractivity contribution in [3.63, 3.8) is 0 Å². The number of nitrogens with one attached hydrogen (secondary N) is 1. The van der Waals surface area contributed by atoms with Crippen molar-refractivity contribution < 1.29 is 0 Å². The summed E-state index contributed by atoms with van der Waals surface area (Å²) in [4.78, 5) is 0. The summed E-state index contributed by atoms with van der Waals surface area (Å²) in [5.74, 6) is 2.54. The fourth-order valence-corrected chi connectivity index (χ4v) is 4.10. The molecule has 2 rings (SSSR count). The van der Waals surface area contributed by atoms with Crippen molar-refractivity contribution in [3.8, 4) is 0 Å². The molecule has 1 fully saturated rings. The van der Waals surface area contributed by atoms with Crippen molar-refractivity contribution in [1.29, 1.82) is 0 Å². The second-order valence-corrected chi connectivity index (χ2v) is 7.32. The molecule has 0 spiro atoms. The molecule has 1 heteroatoms. The van der Waals surface area contributed by atoms with Gasteiger partial charge in [-0.15, -0.1) is 0 Å². The monoisotopic (exact) mass is 287 g/mol. The summed E-state index contributed by atoms with van der Waals surface area (Å²) in [6.07, 6.45) is 5.40. The lowest BCUT2D eigenvalue weighted by atomic mass is 9.71. The second-order valence-electron chi connectivity index (χ2n) is 7.32. The maximum absolute atomic E-state index is 3.75. The van der Waals surface area contributed by atoms with E-state index in [0.717, 1.165) is 24.3 Å². The van der Waals surface area contributed by atoms with Gasteiger partial charge in [0.2, 0.25) is 0 Å². The molecule has 1 aromatic rings. The highest BCUT2D eigenvalue weighted by molar-refractivity contribution is 5.34. The van der Waals surface area contributed by atoms with Gasteiger partial charge in [-0.05, 0) is 80.5 Å². The van der Waals surface area contributed by atoms with Gasteiger partial charge in [0.15, 0.2) is 0 Å². The molecular weight excluding hydrogens is 254 g/mol. The van der Waals surface area contributed by atoms with Crippen molar-refractivity contribution in [2.24, 2.45) is 17.8 Å². The highest BCUT2D eigenvalue weighted by Crippen LogP contribution is 2.36. The van der Waals surface area contributed by atoms with E-state index in [9.17, 15) is 0 Å². The van der Waals surface area contributed by atoms with Crippen LogP contribution in [0.25, 0.3) is 0 Å². The molecule has 0 aromatic heterocycles. The zero-order valence-electron chi connectivity index (χ0n) is 14.6. The molecule has 0 aliphatic heterocycles. The van der Waals surface area contributed by atoms with Crippen LogP contribution in [0.4, 0.5) is 0 Å². The number of hydrogen-bond donors (Lipinski definition) is 1. The van der Waals surface area contributed by atoms with Crippen LogP contribution in [0.1, 0.15) is 56.7 Å². The summed E-state index contributed by atoms with van der Waals surface area (Å²) in [5, 5.41) is 3.75. The van der Waals surface area contributed by atoms with Gasteiger partial charge >= 0.3 is 0 Å². The summed E-state index contributed by atoms with van der Waals surface area (Å²) in [7, 11) is 0. The van der Waals surface area contributed by atoms with Crippen LogP contribution in [0.2, 0.25) is 0 Å². The van der Waals surface area contributed by atoms with Crippen LogP contribution >= 0.6 is 0 Å². The summed E-state index contributed by atoms with van der Waals surface area (Å²) in [5.41, 5.74) is 4.53. The predicted octanol–water partition coefficient (Wildman–Crippen LogP) is 4.90. The molecule has 1 saturated carbocycles. The van der Waals surface area contributed by atoms with Gasteiger partial charge < -0.3 is 5.32 Å². The van der Waals surface area contributed by atoms with Crippen molar-refractivity contribution >= 4 is 0 Å². The molecule has 3 atom stereocenters. The molecule has 118 valence electrons. The third-order valence-corrected chi connectivity index (χ3v) is 5.54. The maximum atomic E-state index is 3.75. The van der Waals surface area contributed by atoms with Crippen molar-refractivity contribution in [2.75, 3.05) is 6.54 Å². The molecule has 0 amide bonds. The standard InChI is InChI=1S/C20H33N/c1-6-21-20-11-10-17(14(2)3)12-18(20)13-19-15(4)8-7-9-16(19)5/h7-9,14,17-18,20-21H,6,10-13H2,1-5H3. The number of rotatable bonds is 5. The van der Waals surface area contributed by atoms with Crippen molar-refractivity contribution in [2.45, 2.75) is 66.3 Å². The Kier molecular flexibility index (Phi) is 5.87. The Morgan fingerprint density at radius 1 is 1.14 bits per heavy atom. The Hall–Kier alpha value is -0.820. The van der Waals surface area contributed by atoms with Gasteiger partial charge in [-0.2, -0.15) is 0 Å². The molecule has 21 heavy (non-hydrogen) atoms. The maximum Gasteiger partial charge on any atom is 0.00985 e. The molecular formula is C20H33N. The van der Waals surface area contributed by atoms with Crippen molar-refractivity contribution in [1.82, 2.24) is 5.32 Å². The van der Waals surface area contributed by atoms with E-state index in [-0.39, 0.29) is 0 Å². The van der Waals surface area contributed by atoms with Gasteiger partial charge in [0.05, 0.1) is 0 Å². The molecule has 1 aliphatic carbocycles. The molecule has 0 heterocycles. The number of hydrogen-bond acceptors (Lipinski definition) is 1. The number of benzene rings is 1. The molecule has 0 saturated heterocycles. The van der Waals surface area contributed by atoms with Crippen molar-refractivity contribution in [3.05, 3.63) is 34.9 Å². The van der Waals surface area contributed by atoms with E-state index in [1.807, 2.05) is 0 Å². The highest BCUT2D eigenvalue weighted by Gasteiger charge is 2.31. The lowest BCUT2D eigenvalue weighted by molar-refractivity contribution is 0.168. The zero-order chi connectivity index (χ0) is 15.4. The molecule has 1 N–H and O–H groups in total. The summed E-state index contributed by atoms with van der Waals surface area (Å²) in [6.45, 7) is 12.7. The predicted molar refractivity (Wildman–Crippen MR) is 92.8 cm³/mol. The Morgan fingerprint density at radius 2 is 1.81 bits per heavy atom. The lowest BCUT2D eigenvalue weighted by Crippen LogP contribution is -2.42. The van der Waals surface area contributed by atoms with Gasteiger partial charge in [0, 0.05) is 6.04 Å². The molecule has 1 aromatic carbocycles. The first-order valence-electron chi connectivity index (χ1n) is 8.81. The van der Waals surface area contributed by atoms with Crippen LogP contribution in [0.3, 0.4) is 0 Å². The molecule has 3 unspecified atom stereocenters. The molecule has 0 radical (unpaired) electrons. The Balaban J connectivity index is 2.16. The fourth-order valence-electron chi connectivity index (χ4n) is 4.10. The Morgan fingerprint density at radius 3 is 2.38 bits per heavy atom. The smallest absolute Gasteiger partial charge is 0.00985 e. The minimum Gasteiger partial charge on any atom is -0.314 e. The van der Waals surface area contributed by atoms with Crippen LogP contribution in [-0.4, -0.2) is 12.6 Å². The highest BCUT2D eigenvalue weighted by atomic mass is 14.9. The number of aryl methyl sites for hydroxylation is 2. The molecule has 1 aliphatic rings. The van der Waals surface area contributed by atoms with Gasteiger partial charge in [-0.25, -0.2) is 0 Å². The van der Waals surface area contributed by atoms with Gasteiger partial charge in [0.25, 0.3) is 0 Å². The van der Waals surface area contributed by atoms with E-state index in [0.29, 0.717) is 6.04 Å². The summed E-state index contributed by atoms with van der Waals surface area (Å²) < 4.78 is 0. The van der Waals surface area contributed by atoms with E-state index >= 15 is 0 Å². The Labute approximate surface area is 131 Å². The third kappa shape index (κ3) is 4.10. The second kappa shape index (κ2) is 7.45. The van der Waals surface area contributed by atoms with E-state index in [1.165, 1.54) is 36.8 Å². The summed E-state index contributed by atoms with van der Waals surface area (Å²) >= 11 is 0. The van der Waals surface area contributed by atoms with Crippen LogP contribution in [0.5, 0.6) is 0 Å². The van der Waals surface area contributed by atoms with E-state index in [1.54, 1.807) is 5.56 Å². The minimum atomic E-state index is 0.712. The van der Waals surface area contributed by atoms with Crippen LogP contribution in [0.15, 0.2) is 18.2 Å². The lowest BCUT2D eigenvalue weighted by Gasteiger charge is -2.39. The first-order valence-corrected chi connectivity index (χ1v) is 8.81. The first kappa shape index (κ1) is 16.5. The zero-order valence-corrected chi connectivity index (χ0v) is 14.6. The van der Waals surface area contributed by atoms with E-state index < -0.39 is 0 Å². The van der Waals surface area contributed by atoms with E-state index in [4.69, 9.17) is 0 Å². The largest absolute Gasteiger partial charge is 0.314 e. The fraction of sp³-hybridized carbons (Fsp3) is 0.700. The topological polar surface area (TPSA) is 12.0 Å². The van der Waals surface area contributed by atoms with Gasteiger partial charge in [-0.3, -0.25) is 0 Å². The van der Waals surface area contributed by atoms with Crippen LogP contribution < -0.4 is 5.32 Å².